The molecule has 1 aromatic rings. The van der Waals surface area contributed by atoms with Crippen LogP contribution in [0.3, 0.4) is 0 Å². The topological polar surface area (TPSA) is 40.5 Å². The molecule has 0 amide bonds. The van der Waals surface area contributed by atoms with Gasteiger partial charge in [-0.15, -0.1) is 0 Å². The summed E-state index contributed by atoms with van der Waals surface area (Å²) < 4.78 is 0. The van der Waals surface area contributed by atoms with Gasteiger partial charge in [0, 0.05) is 23.8 Å². The molecule has 0 aliphatic rings. The molecule has 3 nitrogen and oxygen atoms in total. The van der Waals surface area contributed by atoms with Crippen molar-refractivity contribution in [1.82, 2.24) is 0 Å². The molecule has 16 heavy (non-hydrogen) atoms. The van der Waals surface area contributed by atoms with E-state index >= 15 is 0 Å². The van der Waals surface area contributed by atoms with Crippen LogP contribution >= 0.6 is 0 Å². The zero-order valence-corrected chi connectivity index (χ0v) is 10.1. The van der Waals surface area contributed by atoms with Gasteiger partial charge in [0.15, 0.2) is 0 Å². The van der Waals surface area contributed by atoms with Gasteiger partial charge in [-0.25, -0.2) is 0 Å². The molecule has 0 unspecified atom stereocenters. The molecule has 0 fully saturated rings. The van der Waals surface area contributed by atoms with Crippen LogP contribution in [-0.4, -0.2) is 30.6 Å². The number of benzene rings is 1. The van der Waals surface area contributed by atoms with Crippen molar-refractivity contribution >= 4 is 12.0 Å². The number of aldehydes is 1. The first-order chi connectivity index (χ1) is 7.60. The number of carbonyl (C=O) groups is 1. The molecule has 3 heteroatoms. The highest BCUT2D eigenvalue weighted by Crippen LogP contribution is 2.22. The van der Waals surface area contributed by atoms with Crippen molar-refractivity contribution in [3.05, 3.63) is 29.3 Å². The van der Waals surface area contributed by atoms with Gasteiger partial charge in [-0.1, -0.05) is 0 Å². The molecule has 1 aromatic carbocycles. The lowest BCUT2D eigenvalue weighted by atomic mass is 10.1. The van der Waals surface area contributed by atoms with Crippen LogP contribution in [0.5, 0.6) is 0 Å². The minimum atomic E-state index is 0.132. The highest BCUT2D eigenvalue weighted by atomic mass is 16.3. The number of hydrogen-bond acceptors (Lipinski definition) is 3. The average molecular weight is 221 g/mol. The summed E-state index contributed by atoms with van der Waals surface area (Å²) >= 11 is 0. The van der Waals surface area contributed by atoms with E-state index in [4.69, 9.17) is 5.11 Å². The Labute approximate surface area is 96.7 Å². The van der Waals surface area contributed by atoms with Crippen LogP contribution < -0.4 is 4.90 Å². The summed E-state index contributed by atoms with van der Waals surface area (Å²) in [6, 6.07) is 5.94. The summed E-state index contributed by atoms with van der Waals surface area (Å²) in [6.07, 6.45) is 0.850. The van der Waals surface area contributed by atoms with E-state index < -0.39 is 0 Å². The van der Waals surface area contributed by atoms with E-state index in [9.17, 15) is 4.79 Å². The van der Waals surface area contributed by atoms with Gasteiger partial charge < -0.3 is 10.0 Å². The van der Waals surface area contributed by atoms with Gasteiger partial charge in [0.25, 0.3) is 0 Å². The van der Waals surface area contributed by atoms with Crippen LogP contribution in [-0.2, 0) is 0 Å². The Kier molecular flexibility index (Phi) is 4.50. The quantitative estimate of drug-likeness (QED) is 0.773. The van der Waals surface area contributed by atoms with Crippen molar-refractivity contribution in [2.45, 2.75) is 26.8 Å². The Hall–Kier alpha value is -1.35. The molecule has 0 saturated heterocycles. The molecule has 0 bridgehead atoms. The lowest BCUT2D eigenvalue weighted by Crippen LogP contribution is -2.33. The van der Waals surface area contributed by atoms with Gasteiger partial charge in [-0.05, 0) is 44.5 Å². The van der Waals surface area contributed by atoms with E-state index in [0.29, 0.717) is 18.2 Å². The number of aliphatic hydroxyl groups excluding tert-OH is 1. The maximum Gasteiger partial charge on any atom is 0.150 e. The summed E-state index contributed by atoms with van der Waals surface area (Å²) in [5.41, 5.74) is 2.83. The zero-order chi connectivity index (χ0) is 12.1. The zero-order valence-electron chi connectivity index (χ0n) is 10.1. The minimum Gasteiger partial charge on any atom is -0.395 e. The number of anilines is 1. The van der Waals surface area contributed by atoms with Crippen LogP contribution in [0, 0.1) is 6.92 Å². The number of nitrogens with zero attached hydrogens (tertiary/aromatic N) is 1. The largest absolute Gasteiger partial charge is 0.395 e. The molecule has 1 N–H and O–H groups in total. The summed E-state index contributed by atoms with van der Waals surface area (Å²) in [7, 11) is 0. The molecule has 0 aliphatic heterocycles. The van der Waals surface area contributed by atoms with Gasteiger partial charge in [-0.2, -0.15) is 0 Å². The fourth-order valence-electron chi connectivity index (χ4n) is 1.84. The molecule has 0 heterocycles. The first-order valence-electron chi connectivity index (χ1n) is 5.53. The number of aliphatic hydroxyl groups is 1. The van der Waals surface area contributed by atoms with Gasteiger partial charge in [0.1, 0.15) is 6.29 Å². The molecule has 1 rings (SSSR count). The third-order valence-corrected chi connectivity index (χ3v) is 2.63. The molecule has 0 aromatic heterocycles. The van der Waals surface area contributed by atoms with Crippen LogP contribution in [0.4, 0.5) is 5.69 Å². The SMILES string of the molecule is Cc1cc(C=O)ccc1N(CCO)C(C)C. The molecular weight excluding hydrogens is 202 g/mol. The van der Waals surface area contributed by atoms with Crippen molar-refractivity contribution in [2.24, 2.45) is 0 Å². The Morgan fingerprint density at radius 1 is 1.44 bits per heavy atom. The lowest BCUT2D eigenvalue weighted by molar-refractivity contribution is 0.112. The molecule has 0 saturated carbocycles. The second-order valence-corrected chi connectivity index (χ2v) is 4.17. The maximum atomic E-state index is 10.6. The molecule has 0 atom stereocenters. The third kappa shape index (κ3) is 2.83. The second-order valence-electron chi connectivity index (χ2n) is 4.17. The van der Waals surface area contributed by atoms with Crippen molar-refractivity contribution in [2.75, 3.05) is 18.1 Å². The van der Waals surface area contributed by atoms with E-state index in [1.54, 1.807) is 0 Å². The predicted octanol–water partition coefficient (Wildman–Crippen LogP) is 2.01. The summed E-state index contributed by atoms with van der Waals surface area (Å²) in [5.74, 6) is 0. The van der Waals surface area contributed by atoms with Gasteiger partial charge in [-0.3, -0.25) is 4.79 Å². The van der Waals surface area contributed by atoms with Crippen molar-refractivity contribution in [3.63, 3.8) is 0 Å². The molecule has 0 aliphatic carbocycles. The van der Waals surface area contributed by atoms with Gasteiger partial charge >= 0.3 is 0 Å². The van der Waals surface area contributed by atoms with Crippen LogP contribution in [0.15, 0.2) is 18.2 Å². The van der Waals surface area contributed by atoms with E-state index in [1.807, 2.05) is 25.1 Å². The van der Waals surface area contributed by atoms with E-state index in [0.717, 1.165) is 17.5 Å². The number of aryl methyl sites for hydroxylation is 1. The van der Waals surface area contributed by atoms with Crippen molar-refractivity contribution < 1.29 is 9.90 Å². The number of carbonyl (C=O) groups excluding carboxylic acids is 1. The fourth-order valence-corrected chi connectivity index (χ4v) is 1.84. The first kappa shape index (κ1) is 12.7. The van der Waals surface area contributed by atoms with Crippen LogP contribution in [0.1, 0.15) is 29.8 Å². The monoisotopic (exact) mass is 221 g/mol. The standard InChI is InChI=1S/C13H19NO2/c1-10(2)14(6-7-15)13-5-4-12(9-16)8-11(13)3/h4-5,8-10,15H,6-7H2,1-3H3. The van der Waals surface area contributed by atoms with Crippen molar-refractivity contribution in [3.8, 4) is 0 Å². The number of hydrogen-bond donors (Lipinski definition) is 1. The Balaban J connectivity index is 3.04. The van der Waals surface area contributed by atoms with E-state index in [1.165, 1.54) is 0 Å². The fraction of sp³-hybridized carbons (Fsp3) is 0.462. The summed E-state index contributed by atoms with van der Waals surface area (Å²) in [5, 5.41) is 9.04. The smallest absolute Gasteiger partial charge is 0.150 e. The van der Waals surface area contributed by atoms with Crippen molar-refractivity contribution in [1.29, 1.82) is 0 Å². The first-order valence-corrected chi connectivity index (χ1v) is 5.53. The Morgan fingerprint density at radius 2 is 2.12 bits per heavy atom. The summed E-state index contributed by atoms with van der Waals surface area (Å²) in [6.45, 7) is 6.90. The average Bonchev–Trinajstić information content (AvgIpc) is 2.26. The molecule has 0 radical (unpaired) electrons. The Bertz CT molecular complexity index is 361. The van der Waals surface area contributed by atoms with Crippen LogP contribution in [0.2, 0.25) is 0 Å². The molecule has 88 valence electrons. The van der Waals surface area contributed by atoms with Crippen LogP contribution in [0.25, 0.3) is 0 Å². The lowest BCUT2D eigenvalue weighted by Gasteiger charge is -2.29. The third-order valence-electron chi connectivity index (χ3n) is 2.63. The van der Waals surface area contributed by atoms with E-state index in [2.05, 4.69) is 18.7 Å². The number of rotatable bonds is 5. The van der Waals surface area contributed by atoms with Gasteiger partial charge in [0.05, 0.1) is 6.61 Å². The minimum absolute atomic E-state index is 0.132. The normalized spacial score (nSPS) is 10.6. The van der Waals surface area contributed by atoms with Gasteiger partial charge in [0.2, 0.25) is 0 Å². The second kappa shape index (κ2) is 5.66. The summed E-state index contributed by atoms with van der Waals surface area (Å²) in [4.78, 5) is 12.8. The molecule has 0 spiro atoms. The predicted molar refractivity (Wildman–Crippen MR) is 66.1 cm³/mol. The Morgan fingerprint density at radius 3 is 2.56 bits per heavy atom. The maximum absolute atomic E-state index is 10.6. The highest BCUT2D eigenvalue weighted by molar-refractivity contribution is 5.77. The highest BCUT2D eigenvalue weighted by Gasteiger charge is 2.12. The molecular formula is C13H19NO2. The van der Waals surface area contributed by atoms with E-state index in [-0.39, 0.29) is 6.61 Å².